The van der Waals surface area contributed by atoms with Crippen molar-refractivity contribution in [3.05, 3.63) is 72.1 Å². The summed E-state index contributed by atoms with van der Waals surface area (Å²) in [6, 6.07) is 17.9. The summed E-state index contributed by atoms with van der Waals surface area (Å²) in [4.78, 5) is 26.3. The number of ether oxygens (including phenoxy) is 1. The predicted octanol–water partition coefficient (Wildman–Crippen LogP) is 3.26. The van der Waals surface area contributed by atoms with Crippen molar-refractivity contribution in [1.82, 2.24) is 24.2 Å². The maximum absolute atomic E-state index is 12.8. The van der Waals surface area contributed by atoms with Crippen molar-refractivity contribution >= 4 is 11.6 Å². The average molecular weight is 467 g/mol. The Labute approximate surface area is 204 Å². The largest absolute Gasteiger partial charge is 0.468 e. The van der Waals surface area contributed by atoms with Crippen LogP contribution >= 0.6 is 0 Å². The lowest BCUT2D eigenvalue weighted by molar-refractivity contribution is -0.132. The number of hydrogen-bond donors (Lipinski definition) is 0. The number of rotatable bonds is 5. The molecule has 1 saturated heterocycles. The highest BCUT2D eigenvalue weighted by molar-refractivity contribution is 5.90. The van der Waals surface area contributed by atoms with E-state index in [1.54, 1.807) is 25.4 Å². The Bertz CT molecular complexity index is 1390. The van der Waals surface area contributed by atoms with Crippen molar-refractivity contribution in [2.75, 3.05) is 40.3 Å². The van der Waals surface area contributed by atoms with Gasteiger partial charge in [0.2, 0.25) is 5.91 Å². The number of amides is 1. The molecule has 0 bridgehead atoms. The smallest absolute Gasteiger partial charge is 0.302 e. The van der Waals surface area contributed by atoms with Gasteiger partial charge in [0.1, 0.15) is 0 Å². The molecule has 4 aromatic rings. The molecule has 0 unspecified atom stereocenters. The van der Waals surface area contributed by atoms with E-state index >= 15 is 0 Å². The van der Waals surface area contributed by atoms with Gasteiger partial charge in [-0.05, 0) is 30.3 Å². The van der Waals surface area contributed by atoms with Crippen LogP contribution in [0.4, 0.5) is 0 Å². The summed E-state index contributed by atoms with van der Waals surface area (Å²) in [6.45, 7) is 3.37. The van der Waals surface area contributed by atoms with E-state index in [0.717, 1.165) is 54.1 Å². The van der Waals surface area contributed by atoms with Gasteiger partial charge >= 0.3 is 6.01 Å². The summed E-state index contributed by atoms with van der Waals surface area (Å²) in [5.41, 5.74) is 5.64. The molecule has 1 fully saturated rings. The fourth-order valence-electron chi connectivity index (χ4n) is 4.41. The Balaban J connectivity index is 1.50. The summed E-state index contributed by atoms with van der Waals surface area (Å²) >= 11 is 0. The molecule has 0 N–H and O–H groups in total. The number of methoxy groups -OCH3 is 1. The van der Waals surface area contributed by atoms with E-state index in [2.05, 4.69) is 23.0 Å². The topological polar surface area (TPSA) is 86.8 Å². The fraction of sp³-hybridized carbons (Fsp3) is 0.259. The number of nitrogens with zero attached hydrogens (tertiary/aromatic N) is 6. The first-order valence-corrected chi connectivity index (χ1v) is 11.5. The Morgan fingerprint density at radius 2 is 1.71 bits per heavy atom. The molecule has 3 heterocycles. The lowest BCUT2D eigenvalue weighted by Gasteiger charge is -2.32. The van der Waals surface area contributed by atoms with Crippen molar-refractivity contribution in [2.24, 2.45) is 0 Å². The summed E-state index contributed by atoms with van der Waals surface area (Å²) in [5, 5.41) is 9.18. The van der Waals surface area contributed by atoms with Gasteiger partial charge in [-0.15, -0.1) is 0 Å². The Kier molecular flexibility index (Phi) is 6.17. The predicted molar refractivity (Wildman–Crippen MR) is 133 cm³/mol. The molecule has 5 rings (SSSR count). The van der Waals surface area contributed by atoms with Crippen molar-refractivity contribution in [3.8, 4) is 34.5 Å². The van der Waals surface area contributed by atoms with Crippen LogP contribution in [0.15, 0.2) is 60.9 Å². The highest BCUT2D eigenvalue weighted by atomic mass is 16.5. The third kappa shape index (κ3) is 4.46. The number of aromatic nitrogens is 3. The fourth-order valence-corrected chi connectivity index (χ4v) is 4.41. The van der Waals surface area contributed by atoms with Crippen LogP contribution in [0.2, 0.25) is 0 Å². The van der Waals surface area contributed by atoms with E-state index in [9.17, 15) is 10.1 Å². The minimum Gasteiger partial charge on any atom is -0.468 e. The van der Waals surface area contributed by atoms with Crippen LogP contribution in [0.25, 0.3) is 28.0 Å². The molecule has 8 heteroatoms. The normalized spacial score (nSPS) is 14.1. The Morgan fingerprint density at radius 1 is 1.03 bits per heavy atom. The number of carbonyl (C=O) groups excluding carboxylic acids is 1. The van der Waals surface area contributed by atoms with Crippen LogP contribution < -0.4 is 4.74 Å². The third-order valence-electron chi connectivity index (χ3n) is 6.44. The van der Waals surface area contributed by atoms with Gasteiger partial charge in [0.15, 0.2) is 5.65 Å². The second-order valence-electron chi connectivity index (χ2n) is 8.69. The zero-order valence-electron chi connectivity index (χ0n) is 19.8. The molecular weight excluding hydrogens is 440 g/mol. The monoisotopic (exact) mass is 466 g/mol. The third-order valence-corrected chi connectivity index (χ3v) is 6.44. The average Bonchev–Trinajstić information content (AvgIpc) is 3.39. The van der Waals surface area contributed by atoms with Gasteiger partial charge in [-0.3, -0.25) is 9.20 Å². The summed E-state index contributed by atoms with van der Waals surface area (Å²) < 4.78 is 7.34. The van der Waals surface area contributed by atoms with Crippen molar-refractivity contribution in [1.29, 1.82) is 5.26 Å². The minimum absolute atomic E-state index is 0.158. The van der Waals surface area contributed by atoms with Gasteiger partial charge in [0.25, 0.3) is 0 Å². The lowest BCUT2D eigenvalue weighted by atomic mass is 9.98. The summed E-state index contributed by atoms with van der Waals surface area (Å²) in [5.74, 6) is 0.158. The maximum atomic E-state index is 12.8. The number of fused-ring (bicyclic) bond motifs is 1. The van der Waals surface area contributed by atoms with Crippen LogP contribution in [0.1, 0.15) is 11.1 Å². The first kappa shape index (κ1) is 22.6. The van der Waals surface area contributed by atoms with E-state index < -0.39 is 0 Å². The van der Waals surface area contributed by atoms with Crippen LogP contribution in [-0.2, 0) is 11.2 Å². The van der Waals surface area contributed by atoms with Gasteiger partial charge in [0, 0.05) is 44.1 Å². The molecular formula is C27H26N6O2. The molecule has 8 nitrogen and oxygen atoms in total. The number of imidazole rings is 1. The van der Waals surface area contributed by atoms with Crippen molar-refractivity contribution in [3.63, 3.8) is 0 Å². The number of carbonyl (C=O) groups is 1. The first-order valence-electron chi connectivity index (χ1n) is 11.5. The van der Waals surface area contributed by atoms with Gasteiger partial charge in [-0.25, -0.2) is 4.98 Å². The summed E-state index contributed by atoms with van der Waals surface area (Å²) in [7, 11) is 3.66. The van der Waals surface area contributed by atoms with E-state index in [-0.39, 0.29) is 5.91 Å². The van der Waals surface area contributed by atoms with Gasteiger partial charge < -0.3 is 14.5 Å². The molecule has 2 aromatic heterocycles. The second kappa shape index (κ2) is 9.57. The lowest BCUT2D eigenvalue weighted by Crippen LogP contribution is -2.47. The van der Waals surface area contributed by atoms with Crippen LogP contribution in [0.3, 0.4) is 0 Å². The van der Waals surface area contributed by atoms with Crippen molar-refractivity contribution < 1.29 is 9.53 Å². The van der Waals surface area contributed by atoms with Gasteiger partial charge in [-0.2, -0.15) is 10.2 Å². The molecule has 176 valence electrons. The van der Waals surface area contributed by atoms with Gasteiger partial charge in [-0.1, -0.05) is 36.4 Å². The number of piperazine rings is 1. The maximum Gasteiger partial charge on any atom is 0.302 e. The molecule has 0 spiro atoms. The molecule has 0 aliphatic carbocycles. The number of nitriles is 1. The molecule has 1 aliphatic heterocycles. The van der Waals surface area contributed by atoms with E-state index in [1.165, 1.54) is 0 Å². The zero-order chi connectivity index (χ0) is 24.4. The highest BCUT2D eigenvalue weighted by Gasteiger charge is 2.21. The zero-order valence-corrected chi connectivity index (χ0v) is 19.8. The standard InChI is InChI=1S/C27H26N6O2/c1-31-13-15-32(16-14-31)23(34)17-19-3-7-21(8-4-19)24-25(22-9-5-20(18-28)6-10-22)30-27(35-2)33-12-11-29-26(24)33/h3-12H,13-17H2,1-2H3. The Hall–Kier alpha value is -4.22. The van der Waals surface area contributed by atoms with Gasteiger partial charge in [0.05, 0.1) is 36.4 Å². The minimum atomic E-state index is 0.158. The molecule has 35 heavy (non-hydrogen) atoms. The molecule has 0 atom stereocenters. The molecule has 0 saturated carbocycles. The van der Waals surface area contributed by atoms with Crippen LogP contribution in [-0.4, -0.2) is 70.4 Å². The van der Waals surface area contributed by atoms with E-state index in [4.69, 9.17) is 9.72 Å². The number of benzene rings is 2. The quantitative estimate of drug-likeness (QED) is 0.449. The molecule has 0 radical (unpaired) electrons. The molecule has 1 aliphatic rings. The van der Waals surface area contributed by atoms with Crippen LogP contribution in [0.5, 0.6) is 6.01 Å². The highest BCUT2D eigenvalue weighted by Crippen LogP contribution is 2.36. The molecule has 2 aromatic carbocycles. The number of hydrogen-bond acceptors (Lipinski definition) is 6. The second-order valence-corrected chi connectivity index (χ2v) is 8.69. The first-order chi connectivity index (χ1) is 17.1. The van der Waals surface area contributed by atoms with E-state index in [0.29, 0.717) is 23.7 Å². The Morgan fingerprint density at radius 3 is 2.37 bits per heavy atom. The molecule has 1 amide bonds. The van der Waals surface area contributed by atoms with Crippen LogP contribution in [0, 0.1) is 11.3 Å². The van der Waals surface area contributed by atoms with E-state index in [1.807, 2.05) is 51.9 Å². The summed E-state index contributed by atoms with van der Waals surface area (Å²) in [6.07, 6.45) is 3.91. The number of likely N-dealkylation sites (N-methyl/N-ethyl adjacent to an activating group) is 1. The SMILES string of the molecule is COc1nc(-c2ccc(C#N)cc2)c(-c2ccc(CC(=O)N3CCN(C)CC3)cc2)c2nccn12. The van der Waals surface area contributed by atoms with Crippen molar-refractivity contribution in [2.45, 2.75) is 6.42 Å².